The Morgan fingerprint density at radius 1 is 0.900 bits per heavy atom. The Balaban J connectivity index is 5.07. The minimum absolute atomic E-state index is 0.0104. The van der Waals surface area contributed by atoms with Crippen LogP contribution in [0.5, 0.6) is 0 Å². The molecule has 0 fully saturated rings. The van der Waals surface area contributed by atoms with Gasteiger partial charge in [-0.2, -0.15) is 0 Å². The fourth-order valence-electron chi connectivity index (χ4n) is 1.81. The molecule has 6 nitrogen and oxygen atoms in total. The van der Waals surface area contributed by atoms with E-state index >= 15 is 0 Å². The van der Waals surface area contributed by atoms with Crippen LogP contribution in [0.2, 0.25) is 0 Å². The molecule has 0 aromatic heterocycles. The van der Waals surface area contributed by atoms with Crippen LogP contribution in [-0.2, 0) is 28.6 Å². The Morgan fingerprint density at radius 3 is 1.65 bits per heavy atom. The maximum Gasteiger partial charge on any atom is 0.323 e. The molecule has 0 amide bonds. The van der Waals surface area contributed by atoms with Crippen molar-refractivity contribution in [1.82, 2.24) is 0 Å². The molecular weight excluding hydrogens is 264 g/mol. The van der Waals surface area contributed by atoms with Gasteiger partial charge in [0.2, 0.25) is 0 Å². The molecule has 0 aromatic carbocycles. The summed E-state index contributed by atoms with van der Waals surface area (Å²) in [6, 6.07) is 0. The Labute approximate surface area is 119 Å². The average Bonchev–Trinajstić information content (AvgIpc) is 2.39. The van der Waals surface area contributed by atoms with Gasteiger partial charge in [-0.05, 0) is 34.1 Å². The number of ether oxygens (including phenoxy) is 3. The number of hydrogen-bond acceptors (Lipinski definition) is 6. The third-order valence-corrected chi connectivity index (χ3v) is 2.86. The van der Waals surface area contributed by atoms with Crippen molar-refractivity contribution in [2.24, 2.45) is 11.3 Å². The minimum Gasteiger partial charge on any atom is -0.466 e. The van der Waals surface area contributed by atoms with Crippen molar-refractivity contribution in [2.75, 3.05) is 19.8 Å². The third-order valence-electron chi connectivity index (χ3n) is 2.86. The quantitative estimate of drug-likeness (QED) is 0.384. The summed E-state index contributed by atoms with van der Waals surface area (Å²) in [5, 5.41) is 0. The van der Waals surface area contributed by atoms with E-state index < -0.39 is 29.2 Å². The molecule has 0 bridgehead atoms. The van der Waals surface area contributed by atoms with Crippen LogP contribution < -0.4 is 0 Å². The number of esters is 3. The van der Waals surface area contributed by atoms with Crippen LogP contribution in [0.25, 0.3) is 0 Å². The van der Waals surface area contributed by atoms with E-state index in [2.05, 4.69) is 0 Å². The van der Waals surface area contributed by atoms with E-state index in [4.69, 9.17) is 14.2 Å². The highest BCUT2D eigenvalue weighted by molar-refractivity contribution is 6.00. The Bertz CT molecular complexity index is 332. The smallest absolute Gasteiger partial charge is 0.323 e. The maximum absolute atomic E-state index is 12.0. The van der Waals surface area contributed by atoms with Gasteiger partial charge >= 0.3 is 17.9 Å². The van der Waals surface area contributed by atoms with Crippen molar-refractivity contribution < 1.29 is 28.6 Å². The van der Waals surface area contributed by atoms with Crippen LogP contribution in [0, 0.1) is 11.3 Å². The van der Waals surface area contributed by atoms with Crippen molar-refractivity contribution >= 4 is 17.9 Å². The van der Waals surface area contributed by atoms with Gasteiger partial charge in [-0.25, -0.2) is 0 Å². The van der Waals surface area contributed by atoms with Crippen LogP contribution in [-0.4, -0.2) is 37.7 Å². The van der Waals surface area contributed by atoms with E-state index in [1.807, 2.05) is 0 Å². The third kappa shape index (κ3) is 4.83. The lowest BCUT2D eigenvalue weighted by atomic mass is 9.81. The molecule has 116 valence electrons. The second kappa shape index (κ2) is 8.55. The zero-order valence-electron chi connectivity index (χ0n) is 12.9. The molecule has 0 aromatic rings. The van der Waals surface area contributed by atoms with Crippen molar-refractivity contribution in [2.45, 2.75) is 41.0 Å². The van der Waals surface area contributed by atoms with Gasteiger partial charge in [0.25, 0.3) is 0 Å². The second-order valence-electron chi connectivity index (χ2n) is 4.63. The van der Waals surface area contributed by atoms with Crippen LogP contribution in [0.1, 0.15) is 41.0 Å². The maximum atomic E-state index is 12.0. The number of carbonyl (C=O) groups excluding carboxylic acids is 3. The molecule has 0 aliphatic carbocycles. The molecule has 0 N–H and O–H groups in total. The minimum atomic E-state index is -1.50. The molecular formula is C14H24O6. The fraction of sp³-hybridized carbons (Fsp3) is 0.786. The van der Waals surface area contributed by atoms with E-state index in [1.165, 1.54) is 6.92 Å². The first-order valence-corrected chi connectivity index (χ1v) is 6.84. The van der Waals surface area contributed by atoms with E-state index in [9.17, 15) is 14.4 Å². The number of hydrogen-bond donors (Lipinski definition) is 0. The lowest BCUT2D eigenvalue weighted by Crippen LogP contribution is -2.42. The van der Waals surface area contributed by atoms with Gasteiger partial charge in [0.05, 0.1) is 25.7 Å². The Hall–Kier alpha value is -1.59. The van der Waals surface area contributed by atoms with Crippen LogP contribution >= 0.6 is 0 Å². The van der Waals surface area contributed by atoms with Crippen LogP contribution in [0.3, 0.4) is 0 Å². The Kier molecular flexibility index (Phi) is 7.87. The summed E-state index contributed by atoms with van der Waals surface area (Å²) in [5.74, 6) is -2.43. The summed E-state index contributed by atoms with van der Waals surface area (Å²) in [5.41, 5.74) is -1.50. The van der Waals surface area contributed by atoms with Crippen molar-refractivity contribution in [3.63, 3.8) is 0 Å². The molecule has 0 aliphatic rings. The zero-order chi connectivity index (χ0) is 15.8. The molecule has 0 unspecified atom stereocenters. The average molecular weight is 288 g/mol. The van der Waals surface area contributed by atoms with Crippen molar-refractivity contribution in [3.8, 4) is 0 Å². The molecule has 0 radical (unpaired) electrons. The van der Waals surface area contributed by atoms with Crippen molar-refractivity contribution in [1.29, 1.82) is 0 Å². The molecule has 0 heterocycles. The topological polar surface area (TPSA) is 78.9 Å². The molecule has 0 spiro atoms. The fourth-order valence-corrected chi connectivity index (χ4v) is 1.81. The first-order valence-electron chi connectivity index (χ1n) is 6.84. The summed E-state index contributed by atoms with van der Waals surface area (Å²) in [4.78, 5) is 35.7. The predicted octanol–water partition coefficient (Wildman–Crippen LogP) is 1.71. The van der Waals surface area contributed by atoms with Gasteiger partial charge < -0.3 is 14.2 Å². The van der Waals surface area contributed by atoms with Crippen LogP contribution in [0.15, 0.2) is 0 Å². The van der Waals surface area contributed by atoms with E-state index in [0.29, 0.717) is 0 Å². The highest BCUT2D eigenvalue weighted by Gasteiger charge is 2.46. The van der Waals surface area contributed by atoms with E-state index in [-0.39, 0.29) is 26.2 Å². The first-order chi connectivity index (χ1) is 9.33. The van der Waals surface area contributed by atoms with Gasteiger partial charge in [0.15, 0.2) is 5.41 Å². The standard InChI is InChI=1S/C14H24O6/c1-6-18-11(15)10(4)9-14(5,12(16)19-7-2)13(17)20-8-3/h10H,6-9H2,1-5H3/t10-/m0/s1. The van der Waals surface area contributed by atoms with Gasteiger partial charge in [0, 0.05) is 0 Å². The summed E-state index contributed by atoms with van der Waals surface area (Å²) in [7, 11) is 0. The van der Waals surface area contributed by atoms with Crippen LogP contribution in [0.4, 0.5) is 0 Å². The van der Waals surface area contributed by atoms with E-state index in [1.54, 1.807) is 27.7 Å². The summed E-state index contributed by atoms with van der Waals surface area (Å²) in [6.07, 6.45) is -0.0104. The van der Waals surface area contributed by atoms with Crippen molar-refractivity contribution in [3.05, 3.63) is 0 Å². The number of rotatable bonds is 8. The monoisotopic (exact) mass is 288 g/mol. The van der Waals surface area contributed by atoms with Gasteiger partial charge in [-0.15, -0.1) is 0 Å². The molecule has 1 atom stereocenters. The predicted molar refractivity (Wildman–Crippen MR) is 71.8 cm³/mol. The SMILES string of the molecule is CCOC(=O)[C@@H](C)CC(C)(C(=O)OCC)C(=O)OCC. The lowest BCUT2D eigenvalue weighted by molar-refractivity contribution is -0.172. The highest BCUT2D eigenvalue weighted by Crippen LogP contribution is 2.30. The summed E-state index contributed by atoms with van der Waals surface area (Å²) in [6.45, 7) is 8.59. The molecule has 0 aliphatic heterocycles. The lowest BCUT2D eigenvalue weighted by Gasteiger charge is -2.27. The zero-order valence-corrected chi connectivity index (χ0v) is 12.9. The Morgan fingerprint density at radius 2 is 1.30 bits per heavy atom. The second-order valence-corrected chi connectivity index (χ2v) is 4.63. The molecule has 0 saturated heterocycles. The summed E-state index contributed by atoms with van der Waals surface area (Å²) >= 11 is 0. The van der Waals surface area contributed by atoms with E-state index in [0.717, 1.165) is 0 Å². The van der Waals surface area contributed by atoms with Gasteiger partial charge in [-0.1, -0.05) is 6.92 Å². The molecule has 0 rings (SSSR count). The first kappa shape index (κ1) is 18.4. The molecule has 6 heteroatoms. The normalized spacial score (nSPS) is 12.4. The summed E-state index contributed by atoms with van der Waals surface area (Å²) < 4.78 is 14.7. The molecule has 20 heavy (non-hydrogen) atoms. The van der Waals surface area contributed by atoms with Gasteiger partial charge in [0.1, 0.15) is 0 Å². The van der Waals surface area contributed by atoms with Gasteiger partial charge in [-0.3, -0.25) is 14.4 Å². The molecule has 0 saturated carbocycles. The number of carbonyl (C=O) groups is 3. The highest BCUT2D eigenvalue weighted by atomic mass is 16.6. The largest absolute Gasteiger partial charge is 0.466 e.